The number of carboxylic acid groups (broad SMARTS) is 1. The number of benzene rings is 1. The lowest BCUT2D eigenvalue weighted by molar-refractivity contribution is -0.00737. The molecule has 1 aromatic heterocycles. The van der Waals surface area contributed by atoms with Crippen molar-refractivity contribution in [2.45, 2.75) is 38.2 Å². The van der Waals surface area contributed by atoms with Crippen LogP contribution in [-0.2, 0) is 23.3 Å². The van der Waals surface area contributed by atoms with Crippen molar-refractivity contribution < 1.29 is 14.7 Å². The van der Waals surface area contributed by atoms with Gasteiger partial charge < -0.3 is 9.94 Å². The molecule has 0 spiro atoms. The van der Waals surface area contributed by atoms with Crippen molar-refractivity contribution in [3.05, 3.63) is 54.7 Å². The van der Waals surface area contributed by atoms with Crippen LogP contribution in [0.2, 0.25) is 10.0 Å². The Morgan fingerprint density at radius 1 is 1.24 bits per heavy atom. The van der Waals surface area contributed by atoms with Crippen LogP contribution in [0, 0.1) is 0 Å². The third-order valence-electron chi connectivity index (χ3n) is 4.76. The molecule has 0 radical (unpaired) electrons. The summed E-state index contributed by atoms with van der Waals surface area (Å²) in [6.45, 7) is 1.94. The molecule has 2 aliphatic rings. The molecule has 0 amide bonds. The highest BCUT2D eigenvalue weighted by atomic mass is 35.5. The van der Waals surface area contributed by atoms with Crippen molar-refractivity contribution in [3.63, 3.8) is 0 Å². The largest absolute Gasteiger partial charge is 0.477 e. The Hall–Kier alpha value is -1.56. The molecule has 0 fully saturated rings. The van der Waals surface area contributed by atoms with E-state index in [1.165, 1.54) is 11.3 Å². The maximum Gasteiger partial charge on any atom is 0.346 e. The number of carbonyl (C=O) groups is 1. The predicted octanol–water partition coefficient (Wildman–Crippen LogP) is 5.28. The zero-order valence-electron chi connectivity index (χ0n) is 13.4. The summed E-state index contributed by atoms with van der Waals surface area (Å²) in [7, 11) is 0. The van der Waals surface area contributed by atoms with Gasteiger partial charge in [-0.3, -0.25) is 0 Å². The van der Waals surface area contributed by atoms with Gasteiger partial charge in [0.05, 0.1) is 4.88 Å². The molecular formula is C18H15Cl2NO3S. The van der Waals surface area contributed by atoms with Crippen LogP contribution in [0.1, 0.15) is 51.0 Å². The number of fused-ring (bicyclic) bond motifs is 1. The average Bonchev–Trinajstić information content (AvgIpc) is 3.20. The quantitative estimate of drug-likeness (QED) is 0.768. The van der Waals surface area contributed by atoms with E-state index in [0.717, 1.165) is 46.5 Å². The van der Waals surface area contributed by atoms with E-state index in [2.05, 4.69) is 5.16 Å². The number of nitrogens with zero attached hydrogens (tertiary/aromatic N) is 1. The first-order chi connectivity index (χ1) is 11.9. The Labute approximate surface area is 159 Å². The first-order valence-corrected chi connectivity index (χ1v) is 9.54. The molecule has 4 rings (SSSR count). The van der Waals surface area contributed by atoms with Crippen molar-refractivity contribution in [1.29, 1.82) is 0 Å². The molecule has 130 valence electrons. The molecular weight excluding hydrogens is 381 g/mol. The Morgan fingerprint density at radius 2 is 1.92 bits per heavy atom. The number of thiophene rings is 1. The van der Waals surface area contributed by atoms with Gasteiger partial charge >= 0.3 is 5.97 Å². The fourth-order valence-corrected chi connectivity index (χ4v) is 5.29. The predicted molar refractivity (Wildman–Crippen MR) is 99.4 cm³/mol. The summed E-state index contributed by atoms with van der Waals surface area (Å²) in [4.78, 5) is 18.7. The van der Waals surface area contributed by atoms with Gasteiger partial charge in [-0.2, -0.15) is 0 Å². The summed E-state index contributed by atoms with van der Waals surface area (Å²) in [5, 5.41) is 14.8. The van der Waals surface area contributed by atoms with E-state index in [1.807, 2.05) is 19.1 Å². The van der Waals surface area contributed by atoms with E-state index in [4.69, 9.17) is 28.0 Å². The highest BCUT2D eigenvalue weighted by Crippen LogP contribution is 2.42. The summed E-state index contributed by atoms with van der Waals surface area (Å²) in [6.07, 6.45) is 3.26. The van der Waals surface area contributed by atoms with Crippen LogP contribution >= 0.6 is 34.5 Å². The van der Waals surface area contributed by atoms with Gasteiger partial charge in [0.15, 0.2) is 5.60 Å². The van der Waals surface area contributed by atoms with Gasteiger partial charge in [0, 0.05) is 22.0 Å². The van der Waals surface area contributed by atoms with E-state index in [9.17, 15) is 9.90 Å². The zero-order chi connectivity index (χ0) is 17.8. The van der Waals surface area contributed by atoms with E-state index >= 15 is 0 Å². The summed E-state index contributed by atoms with van der Waals surface area (Å²) >= 11 is 13.5. The lowest BCUT2D eigenvalue weighted by Crippen LogP contribution is -2.22. The molecule has 1 N–H and O–H groups in total. The molecule has 1 atom stereocenters. The van der Waals surface area contributed by atoms with Crippen LogP contribution in [-0.4, -0.2) is 16.8 Å². The topological polar surface area (TPSA) is 58.9 Å². The summed E-state index contributed by atoms with van der Waals surface area (Å²) in [5.41, 5.74) is 3.08. The van der Waals surface area contributed by atoms with Crippen LogP contribution < -0.4 is 0 Å². The van der Waals surface area contributed by atoms with E-state index in [1.54, 1.807) is 6.07 Å². The van der Waals surface area contributed by atoms with Crippen LogP contribution in [0.25, 0.3) is 0 Å². The SMILES string of the molecule is CC1(c2cc(Cl)cc(Cl)c2)CC(c2sc(C(=O)O)c3c2CCC3)=NO1. The fraction of sp³-hybridized carbons (Fsp3) is 0.333. The Morgan fingerprint density at radius 3 is 2.60 bits per heavy atom. The number of aromatic carboxylic acids is 1. The number of halogens is 2. The number of oxime groups is 1. The van der Waals surface area contributed by atoms with E-state index in [0.29, 0.717) is 21.3 Å². The zero-order valence-corrected chi connectivity index (χ0v) is 15.8. The fourth-order valence-electron chi connectivity index (χ4n) is 3.55. The van der Waals surface area contributed by atoms with Crippen LogP contribution in [0.4, 0.5) is 0 Å². The van der Waals surface area contributed by atoms with E-state index < -0.39 is 11.6 Å². The normalized spacial score (nSPS) is 21.8. The summed E-state index contributed by atoms with van der Waals surface area (Å²) < 4.78 is 0. The molecule has 1 unspecified atom stereocenters. The van der Waals surface area contributed by atoms with Crippen molar-refractivity contribution >= 4 is 46.2 Å². The molecule has 2 aromatic rings. The third kappa shape index (κ3) is 2.84. The van der Waals surface area contributed by atoms with Gasteiger partial charge in [-0.25, -0.2) is 4.79 Å². The molecule has 0 saturated carbocycles. The number of hydrogen-bond acceptors (Lipinski definition) is 4. The first-order valence-electron chi connectivity index (χ1n) is 7.97. The smallest absolute Gasteiger partial charge is 0.346 e. The number of carboxylic acids is 1. The minimum absolute atomic E-state index is 0.435. The molecule has 0 saturated heterocycles. The maximum absolute atomic E-state index is 11.5. The van der Waals surface area contributed by atoms with Gasteiger partial charge in [0.2, 0.25) is 0 Å². The minimum Gasteiger partial charge on any atom is -0.477 e. The van der Waals surface area contributed by atoms with E-state index in [-0.39, 0.29) is 0 Å². The van der Waals surface area contributed by atoms with Gasteiger partial charge in [-0.1, -0.05) is 28.4 Å². The Balaban J connectivity index is 1.69. The second-order valence-electron chi connectivity index (χ2n) is 6.57. The Kier molecular flexibility index (Phi) is 4.06. The van der Waals surface area contributed by atoms with Crippen LogP contribution in [0.5, 0.6) is 0 Å². The summed E-state index contributed by atoms with van der Waals surface area (Å²) in [6, 6.07) is 5.33. The van der Waals surface area contributed by atoms with Crippen LogP contribution in [0.15, 0.2) is 23.4 Å². The lowest BCUT2D eigenvalue weighted by atomic mass is 9.90. The van der Waals surface area contributed by atoms with Gasteiger partial charge in [0.25, 0.3) is 0 Å². The second-order valence-corrected chi connectivity index (χ2v) is 8.46. The molecule has 1 aliphatic heterocycles. The van der Waals surface area contributed by atoms with Gasteiger partial charge in [-0.15, -0.1) is 11.3 Å². The maximum atomic E-state index is 11.5. The molecule has 7 heteroatoms. The molecule has 4 nitrogen and oxygen atoms in total. The van der Waals surface area contributed by atoms with Gasteiger partial charge in [-0.05, 0) is 55.5 Å². The van der Waals surface area contributed by atoms with Gasteiger partial charge in [0.1, 0.15) is 10.6 Å². The summed E-state index contributed by atoms with van der Waals surface area (Å²) in [5.74, 6) is -0.863. The lowest BCUT2D eigenvalue weighted by Gasteiger charge is -2.22. The van der Waals surface area contributed by atoms with Crippen molar-refractivity contribution in [1.82, 2.24) is 0 Å². The number of rotatable bonds is 3. The van der Waals surface area contributed by atoms with Crippen LogP contribution in [0.3, 0.4) is 0 Å². The minimum atomic E-state index is -0.863. The van der Waals surface area contributed by atoms with Crippen molar-refractivity contribution in [3.8, 4) is 0 Å². The highest BCUT2D eigenvalue weighted by Gasteiger charge is 2.39. The third-order valence-corrected chi connectivity index (χ3v) is 6.51. The second kappa shape index (κ2) is 6.01. The Bertz CT molecular complexity index is 901. The standard InChI is InChI=1S/C18H15Cl2NO3S/c1-18(9-5-10(19)7-11(20)6-9)8-14(21-24-18)15-12-3-2-4-13(12)16(25-15)17(22)23/h5-7H,2-4,8H2,1H3,(H,22,23). The molecule has 2 heterocycles. The highest BCUT2D eigenvalue weighted by molar-refractivity contribution is 7.16. The number of hydrogen-bond donors (Lipinski definition) is 1. The van der Waals surface area contributed by atoms with Crippen molar-refractivity contribution in [2.75, 3.05) is 0 Å². The molecule has 1 aliphatic carbocycles. The molecule has 25 heavy (non-hydrogen) atoms. The molecule has 0 bridgehead atoms. The average molecular weight is 396 g/mol. The monoisotopic (exact) mass is 395 g/mol. The molecule has 1 aromatic carbocycles. The van der Waals surface area contributed by atoms with Crippen molar-refractivity contribution in [2.24, 2.45) is 5.16 Å². The first kappa shape index (κ1) is 16.9.